The van der Waals surface area contributed by atoms with Gasteiger partial charge in [0.15, 0.2) is 0 Å². The summed E-state index contributed by atoms with van der Waals surface area (Å²) in [4.78, 5) is 0. The van der Waals surface area contributed by atoms with Gasteiger partial charge in [-0.25, -0.2) is 0 Å². The monoisotopic (exact) mass is 334 g/mol. The van der Waals surface area contributed by atoms with E-state index in [0.717, 1.165) is 18.5 Å². The van der Waals surface area contributed by atoms with Gasteiger partial charge in [0.05, 0.1) is 25.2 Å². The van der Waals surface area contributed by atoms with Gasteiger partial charge in [0.1, 0.15) is 4.75 Å². The number of hydrogen-bond acceptors (Lipinski definition) is 2. The molecule has 1 aromatic rings. The van der Waals surface area contributed by atoms with Gasteiger partial charge >= 0.3 is 0 Å². The van der Waals surface area contributed by atoms with Crippen LogP contribution in [0.15, 0.2) is 42.5 Å². The summed E-state index contributed by atoms with van der Waals surface area (Å²) in [5.41, 5.74) is 4.98. The smallest absolute Gasteiger partial charge is 0.136 e. The zero-order valence-electron chi connectivity index (χ0n) is 15.3. The van der Waals surface area contributed by atoms with Crippen LogP contribution < -0.4 is 4.72 Å². The fourth-order valence-corrected chi connectivity index (χ4v) is 2.95. The lowest BCUT2D eigenvalue weighted by molar-refractivity contribution is 0.146. The van der Waals surface area contributed by atoms with Gasteiger partial charge in [-0.3, -0.25) is 0 Å². The maximum atomic E-state index is 5.65. The third kappa shape index (κ3) is 7.38. The summed E-state index contributed by atoms with van der Waals surface area (Å²) in [6.07, 6.45) is 3.16. The van der Waals surface area contributed by atoms with Gasteiger partial charge in [-0.05, 0) is 43.9 Å². The van der Waals surface area contributed by atoms with E-state index in [1.54, 1.807) is 0 Å². The van der Waals surface area contributed by atoms with Crippen LogP contribution in [-0.4, -0.2) is 17.9 Å². The predicted octanol–water partition coefficient (Wildman–Crippen LogP) is 4.69. The van der Waals surface area contributed by atoms with Crippen LogP contribution in [0, 0.1) is 0 Å². The minimum atomic E-state index is 0.302. The van der Waals surface area contributed by atoms with Gasteiger partial charge in [-0.1, -0.05) is 56.3 Å². The van der Waals surface area contributed by atoms with Crippen LogP contribution in [0.3, 0.4) is 0 Å². The Labute approximate surface area is 146 Å². The molecular formula is C20H32NOS+. The lowest BCUT2D eigenvalue weighted by Crippen LogP contribution is -2.28. The molecule has 0 fully saturated rings. The molecule has 1 heterocycles. The molecule has 1 aliphatic rings. The highest BCUT2D eigenvalue weighted by Crippen LogP contribution is 2.26. The molecule has 2 nitrogen and oxygen atoms in total. The molecule has 2 rings (SSSR count). The number of hydrogen-bond donors (Lipinski definition) is 1. The normalized spacial score (nSPS) is 15.6. The van der Waals surface area contributed by atoms with Crippen molar-refractivity contribution in [1.82, 2.24) is 4.72 Å². The molecule has 23 heavy (non-hydrogen) atoms. The van der Waals surface area contributed by atoms with Crippen LogP contribution in [-0.2, 0) is 23.3 Å². The second kappa shape index (κ2) is 9.96. The van der Waals surface area contributed by atoms with E-state index in [0.29, 0.717) is 18.0 Å². The maximum Gasteiger partial charge on any atom is 0.136 e. The molecule has 0 atom stereocenters. The molecule has 0 aromatic heterocycles. The van der Waals surface area contributed by atoms with E-state index in [4.69, 9.17) is 4.74 Å². The van der Waals surface area contributed by atoms with Crippen LogP contribution in [0.4, 0.5) is 0 Å². The molecule has 0 aliphatic carbocycles. The second-order valence-corrected chi connectivity index (χ2v) is 8.30. The number of benzene rings is 1. The van der Waals surface area contributed by atoms with Gasteiger partial charge in [0.2, 0.25) is 0 Å². The van der Waals surface area contributed by atoms with Gasteiger partial charge in [-0.2, -0.15) is 0 Å². The molecule has 0 saturated carbocycles. The molecule has 0 bridgehead atoms. The van der Waals surface area contributed by atoms with Gasteiger partial charge in [-0.15, -0.1) is 4.72 Å². The Kier molecular flexibility index (Phi) is 8.67. The topological polar surface area (TPSA) is 21.3 Å². The average molecular weight is 335 g/mol. The molecule has 3 heteroatoms. The van der Waals surface area contributed by atoms with E-state index in [1.807, 2.05) is 13.8 Å². The Morgan fingerprint density at radius 2 is 1.96 bits per heavy atom. The fraction of sp³-hybridized carbons (Fsp3) is 0.500. The zero-order chi connectivity index (χ0) is 17.3. The number of thiol groups is 1. The van der Waals surface area contributed by atoms with Crippen LogP contribution in [0.1, 0.15) is 52.2 Å². The van der Waals surface area contributed by atoms with Gasteiger partial charge in [0.25, 0.3) is 0 Å². The predicted molar refractivity (Wildman–Crippen MR) is 106 cm³/mol. The minimum absolute atomic E-state index is 0.302. The second-order valence-electron chi connectivity index (χ2n) is 6.42. The molecule has 0 amide bonds. The summed E-state index contributed by atoms with van der Waals surface area (Å²) in [7, 11) is 0. The van der Waals surface area contributed by atoms with E-state index in [1.165, 1.54) is 28.6 Å². The third-order valence-electron chi connectivity index (χ3n) is 3.23. The number of rotatable bonds is 5. The standard InChI is InChI=1S/C18H25NOS.C2H6/c1-14(9-10-19-21-18(2,3)4)11-16-13-20-12-15-7-5-6-8-17(15)16;1-2/h5-8,11,19H,1,9-10,12-13H2,2-4H3;1-2H3/p+1/b16-11-;. The lowest BCUT2D eigenvalue weighted by Gasteiger charge is -2.19. The Morgan fingerprint density at radius 1 is 1.26 bits per heavy atom. The lowest BCUT2D eigenvalue weighted by atomic mass is 9.96. The molecule has 0 unspecified atom stereocenters. The summed E-state index contributed by atoms with van der Waals surface area (Å²) in [6.45, 7) is 17.2. The molecule has 1 aromatic carbocycles. The summed E-state index contributed by atoms with van der Waals surface area (Å²) >= 11 is 1.28. The van der Waals surface area contributed by atoms with Gasteiger partial charge in [0, 0.05) is 6.54 Å². The Hall–Kier alpha value is -1.03. The molecule has 1 aliphatic heterocycles. The Balaban J connectivity index is 0.00000127. The van der Waals surface area contributed by atoms with Gasteiger partial charge < -0.3 is 4.74 Å². The number of fused-ring (bicyclic) bond motifs is 1. The minimum Gasteiger partial charge on any atom is -0.372 e. The summed E-state index contributed by atoms with van der Waals surface area (Å²) in [5, 5.41) is 0. The van der Waals surface area contributed by atoms with Crippen molar-refractivity contribution in [2.24, 2.45) is 0 Å². The van der Waals surface area contributed by atoms with E-state index in [9.17, 15) is 0 Å². The average Bonchev–Trinajstić information content (AvgIpc) is 2.53. The first-order valence-corrected chi connectivity index (χ1v) is 9.34. The van der Waals surface area contributed by atoms with Crippen LogP contribution >= 0.6 is 0 Å². The van der Waals surface area contributed by atoms with E-state index >= 15 is 0 Å². The highest BCUT2D eigenvalue weighted by molar-refractivity contribution is 7.77. The molecule has 0 saturated heterocycles. The largest absolute Gasteiger partial charge is 0.372 e. The quantitative estimate of drug-likeness (QED) is 0.479. The molecule has 0 spiro atoms. The Bertz CT molecular complexity index is 529. The maximum absolute atomic E-state index is 5.65. The van der Waals surface area contributed by atoms with Crippen molar-refractivity contribution in [3.63, 3.8) is 0 Å². The van der Waals surface area contributed by atoms with Crippen LogP contribution in [0.25, 0.3) is 5.57 Å². The van der Waals surface area contributed by atoms with Crippen molar-refractivity contribution in [2.45, 2.75) is 52.4 Å². The van der Waals surface area contributed by atoms with Crippen molar-refractivity contribution in [2.75, 3.05) is 13.2 Å². The summed E-state index contributed by atoms with van der Waals surface area (Å²) < 4.78 is 9.42. The highest BCUT2D eigenvalue weighted by atomic mass is 32.2. The summed E-state index contributed by atoms with van der Waals surface area (Å²) in [5.74, 6) is 0. The third-order valence-corrected chi connectivity index (χ3v) is 4.28. The zero-order valence-corrected chi connectivity index (χ0v) is 16.2. The van der Waals surface area contributed by atoms with Crippen molar-refractivity contribution in [1.29, 1.82) is 0 Å². The number of nitrogens with one attached hydrogen (secondary N) is 1. The van der Waals surface area contributed by atoms with Crippen LogP contribution in [0.2, 0.25) is 0 Å². The molecule has 0 radical (unpaired) electrons. The summed E-state index contributed by atoms with van der Waals surface area (Å²) in [6, 6.07) is 8.46. The first-order chi connectivity index (χ1) is 11.0. The fourth-order valence-electron chi connectivity index (χ4n) is 2.26. The molecule has 128 valence electrons. The first kappa shape index (κ1) is 20.0. The van der Waals surface area contributed by atoms with Crippen LogP contribution in [0.5, 0.6) is 0 Å². The Morgan fingerprint density at radius 3 is 2.65 bits per heavy atom. The van der Waals surface area contributed by atoms with Crippen molar-refractivity contribution < 1.29 is 4.74 Å². The number of allylic oxidation sites excluding steroid dienone is 1. The van der Waals surface area contributed by atoms with E-state index in [2.05, 4.69) is 62.4 Å². The highest BCUT2D eigenvalue weighted by Gasteiger charge is 2.18. The van der Waals surface area contributed by atoms with Crippen molar-refractivity contribution in [3.05, 3.63) is 53.6 Å². The van der Waals surface area contributed by atoms with E-state index in [-0.39, 0.29) is 0 Å². The number of ether oxygens (including phenoxy) is 1. The van der Waals surface area contributed by atoms with E-state index < -0.39 is 0 Å². The molecule has 1 N–H and O–H groups in total. The SMILES string of the molecule is C=C(/C=C1/COCc2ccccc21)CCN[SH+]C(C)(C)C.CC. The first-order valence-electron chi connectivity index (χ1n) is 8.45. The van der Waals surface area contributed by atoms with Crippen molar-refractivity contribution >= 4 is 17.5 Å². The van der Waals surface area contributed by atoms with Crippen molar-refractivity contribution in [3.8, 4) is 0 Å². The molecular weight excluding hydrogens is 302 g/mol.